The summed E-state index contributed by atoms with van der Waals surface area (Å²) in [5.41, 5.74) is 2.42. The lowest BCUT2D eigenvalue weighted by atomic mass is 10.1. The average molecular weight is 279 g/mol. The molecule has 0 fully saturated rings. The minimum absolute atomic E-state index is 0.914. The fourth-order valence-electron chi connectivity index (χ4n) is 1.48. The summed E-state index contributed by atoms with van der Waals surface area (Å²) >= 11 is 3.43. The summed E-state index contributed by atoms with van der Waals surface area (Å²) in [5, 5.41) is 0.914. The van der Waals surface area contributed by atoms with Gasteiger partial charge in [-0.2, -0.15) is 0 Å². The SMILES string of the molecule is CCCCCCC#Cc1ccc(CBr)cc1. The molecule has 0 aliphatic heterocycles. The molecule has 0 spiro atoms. The minimum Gasteiger partial charge on any atom is -0.0979 e. The highest BCUT2D eigenvalue weighted by molar-refractivity contribution is 9.08. The third-order valence-electron chi connectivity index (χ3n) is 2.50. The van der Waals surface area contributed by atoms with Gasteiger partial charge in [0.1, 0.15) is 0 Å². The molecule has 0 aliphatic rings. The van der Waals surface area contributed by atoms with Crippen LogP contribution in [0.3, 0.4) is 0 Å². The second kappa shape index (κ2) is 8.42. The first-order valence-electron chi connectivity index (χ1n) is 6.00. The van der Waals surface area contributed by atoms with Crippen LogP contribution in [0.25, 0.3) is 0 Å². The number of benzene rings is 1. The number of hydrogen-bond acceptors (Lipinski definition) is 0. The van der Waals surface area contributed by atoms with Gasteiger partial charge in [0.15, 0.2) is 0 Å². The van der Waals surface area contributed by atoms with E-state index in [9.17, 15) is 0 Å². The lowest BCUT2D eigenvalue weighted by Gasteiger charge is -1.95. The molecule has 0 unspecified atom stereocenters. The van der Waals surface area contributed by atoms with Crippen LogP contribution in [0, 0.1) is 11.8 Å². The average Bonchev–Trinajstić information content (AvgIpc) is 2.34. The summed E-state index contributed by atoms with van der Waals surface area (Å²) in [6, 6.07) is 8.43. The van der Waals surface area contributed by atoms with E-state index in [-0.39, 0.29) is 0 Å². The van der Waals surface area contributed by atoms with Crippen LogP contribution in [-0.2, 0) is 5.33 Å². The third-order valence-corrected chi connectivity index (χ3v) is 3.14. The Labute approximate surface area is 108 Å². The van der Waals surface area contributed by atoms with Gasteiger partial charge in [0, 0.05) is 17.3 Å². The van der Waals surface area contributed by atoms with E-state index in [0.29, 0.717) is 0 Å². The van der Waals surface area contributed by atoms with Crippen molar-refractivity contribution >= 4 is 15.9 Å². The van der Waals surface area contributed by atoms with Crippen LogP contribution in [0.1, 0.15) is 50.2 Å². The molecule has 16 heavy (non-hydrogen) atoms. The van der Waals surface area contributed by atoms with E-state index in [1.54, 1.807) is 0 Å². The Bertz CT molecular complexity index is 340. The van der Waals surface area contributed by atoms with Crippen molar-refractivity contribution in [3.05, 3.63) is 35.4 Å². The molecule has 1 aromatic carbocycles. The lowest BCUT2D eigenvalue weighted by Crippen LogP contribution is -1.79. The monoisotopic (exact) mass is 278 g/mol. The summed E-state index contributed by atoms with van der Waals surface area (Å²) in [7, 11) is 0. The summed E-state index contributed by atoms with van der Waals surface area (Å²) in [6.45, 7) is 2.23. The fourth-order valence-corrected chi connectivity index (χ4v) is 1.86. The molecule has 86 valence electrons. The molecule has 0 aromatic heterocycles. The molecule has 0 saturated carbocycles. The summed E-state index contributed by atoms with van der Waals surface area (Å²) in [5.74, 6) is 6.44. The van der Waals surface area contributed by atoms with Crippen molar-refractivity contribution in [1.29, 1.82) is 0 Å². The quantitative estimate of drug-likeness (QED) is 0.408. The molecule has 1 aromatic rings. The molecule has 0 nitrogen and oxygen atoms in total. The van der Waals surface area contributed by atoms with Gasteiger partial charge in [-0.3, -0.25) is 0 Å². The molecule has 0 bridgehead atoms. The molecule has 0 saturated heterocycles. The Balaban J connectivity index is 2.32. The van der Waals surface area contributed by atoms with Gasteiger partial charge < -0.3 is 0 Å². The molecule has 1 heteroatoms. The van der Waals surface area contributed by atoms with Crippen molar-refractivity contribution in [1.82, 2.24) is 0 Å². The summed E-state index contributed by atoms with van der Waals surface area (Å²) in [4.78, 5) is 0. The maximum Gasteiger partial charge on any atom is 0.0283 e. The number of halogens is 1. The summed E-state index contributed by atoms with van der Waals surface area (Å²) in [6.07, 6.45) is 6.21. The molecule has 0 N–H and O–H groups in total. The van der Waals surface area contributed by atoms with Gasteiger partial charge in [-0.05, 0) is 24.1 Å². The van der Waals surface area contributed by atoms with Crippen molar-refractivity contribution in [3.8, 4) is 11.8 Å². The molecule has 0 heterocycles. The number of unbranched alkanes of at least 4 members (excludes halogenated alkanes) is 4. The van der Waals surface area contributed by atoms with Crippen molar-refractivity contribution in [2.75, 3.05) is 0 Å². The highest BCUT2D eigenvalue weighted by Gasteiger charge is 1.89. The number of hydrogen-bond donors (Lipinski definition) is 0. The molecule has 0 amide bonds. The smallest absolute Gasteiger partial charge is 0.0283 e. The zero-order valence-corrected chi connectivity index (χ0v) is 11.5. The van der Waals surface area contributed by atoms with E-state index in [0.717, 1.165) is 17.3 Å². The molecular formula is C15H19Br. The van der Waals surface area contributed by atoms with E-state index in [4.69, 9.17) is 0 Å². The highest BCUT2D eigenvalue weighted by Crippen LogP contribution is 2.07. The minimum atomic E-state index is 0.914. The zero-order chi connectivity index (χ0) is 11.6. The van der Waals surface area contributed by atoms with Crippen molar-refractivity contribution in [3.63, 3.8) is 0 Å². The first-order valence-corrected chi connectivity index (χ1v) is 7.12. The highest BCUT2D eigenvalue weighted by atomic mass is 79.9. The van der Waals surface area contributed by atoms with E-state index in [1.807, 2.05) is 0 Å². The second-order valence-electron chi connectivity index (χ2n) is 3.94. The molecule has 0 radical (unpaired) electrons. The van der Waals surface area contributed by atoms with Gasteiger partial charge in [-0.25, -0.2) is 0 Å². The predicted octanol–water partition coefficient (Wildman–Crippen LogP) is 4.90. The lowest BCUT2D eigenvalue weighted by molar-refractivity contribution is 0.679. The molecule has 0 aliphatic carbocycles. The van der Waals surface area contributed by atoms with Gasteiger partial charge in [0.05, 0.1) is 0 Å². The molecular weight excluding hydrogens is 260 g/mol. The van der Waals surface area contributed by atoms with Crippen LogP contribution in [0.15, 0.2) is 24.3 Å². The standard InChI is InChI=1S/C15H19Br/c1-2-3-4-5-6-7-8-14-9-11-15(13-16)12-10-14/h9-12H,2-6,13H2,1H3. The zero-order valence-electron chi connectivity index (χ0n) is 9.93. The maximum atomic E-state index is 3.43. The predicted molar refractivity (Wildman–Crippen MR) is 74.7 cm³/mol. The largest absolute Gasteiger partial charge is 0.0979 e. The summed E-state index contributed by atoms with van der Waals surface area (Å²) < 4.78 is 0. The topological polar surface area (TPSA) is 0 Å². The maximum absolute atomic E-state index is 3.43. The number of rotatable bonds is 5. The number of alkyl halides is 1. The van der Waals surface area contributed by atoms with Crippen LogP contribution in [0.2, 0.25) is 0 Å². The van der Waals surface area contributed by atoms with E-state index < -0.39 is 0 Å². The van der Waals surface area contributed by atoms with Gasteiger partial charge in [-0.15, -0.1) is 0 Å². The van der Waals surface area contributed by atoms with Crippen LogP contribution in [-0.4, -0.2) is 0 Å². The third kappa shape index (κ3) is 5.37. The van der Waals surface area contributed by atoms with E-state index in [1.165, 1.54) is 31.2 Å². The van der Waals surface area contributed by atoms with Crippen LogP contribution in [0.5, 0.6) is 0 Å². The van der Waals surface area contributed by atoms with Gasteiger partial charge in [-0.1, -0.05) is 66.1 Å². The van der Waals surface area contributed by atoms with Crippen LogP contribution >= 0.6 is 15.9 Å². The van der Waals surface area contributed by atoms with Gasteiger partial charge >= 0.3 is 0 Å². The van der Waals surface area contributed by atoms with Gasteiger partial charge in [0.25, 0.3) is 0 Å². The molecule has 1 rings (SSSR count). The molecule has 0 atom stereocenters. The normalized spacial score (nSPS) is 9.62. The van der Waals surface area contributed by atoms with Crippen LogP contribution < -0.4 is 0 Å². The fraction of sp³-hybridized carbons (Fsp3) is 0.467. The van der Waals surface area contributed by atoms with E-state index in [2.05, 4.69) is 59.0 Å². The van der Waals surface area contributed by atoms with E-state index >= 15 is 0 Å². The first kappa shape index (κ1) is 13.3. The van der Waals surface area contributed by atoms with Crippen molar-refractivity contribution < 1.29 is 0 Å². The van der Waals surface area contributed by atoms with Crippen LogP contribution in [0.4, 0.5) is 0 Å². The Morgan fingerprint density at radius 2 is 1.81 bits per heavy atom. The Morgan fingerprint density at radius 1 is 1.06 bits per heavy atom. The van der Waals surface area contributed by atoms with Crippen molar-refractivity contribution in [2.24, 2.45) is 0 Å². The first-order chi connectivity index (χ1) is 7.86. The Morgan fingerprint density at radius 3 is 2.44 bits per heavy atom. The second-order valence-corrected chi connectivity index (χ2v) is 4.50. The van der Waals surface area contributed by atoms with Gasteiger partial charge in [0.2, 0.25) is 0 Å². The Hall–Kier alpha value is -0.740. The van der Waals surface area contributed by atoms with Crippen molar-refractivity contribution in [2.45, 2.75) is 44.4 Å². The Kier molecular flexibility index (Phi) is 7.01.